The van der Waals surface area contributed by atoms with Gasteiger partial charge in [0, 0.05) is 25.5 Å². The summed E-state index contributed by atoms with van der Waals surface area (Å²) in [7, 11) is 0. The van der Waals surface area contributed by atoms with Crippen LogP contribution in [0, 0.1) is 0 Å². The Hall–Kier alpha value is -1.75. The van der Waals surface area contributed by atoms with Crippen molar-refractivity contribution < 1.29 is 19.7 Å². The summed E-state index contributed by atoms with van der Waals surface area (Å²) in [6, 6.07) is 5.00. The molecule has 0 radical (unpaired) electrons. The fraction of sp³-hybridized carbons (Fsp3) is 0.696. The van der Waals surface area contributed by atoms with E-state index in [0.29, 0.717) is 13.0 Å². The van der Waals surface area contributed by atoms with Gasteiger partial charge in [-0.05, 0) is 44.4 Å². The summed E-state index contributed by atoms with van der Waals surface area (Å²) in [5.41, 5.74) is 0.551. The van der Waals surface area contributed by atoms with Crippen molar-refractivity contribution in [3.8, 4) is 11.5 Å². The molecule has 0 saturated heterocycles. The third kappa shape index (κ3) is 7.34. The average Bonchev–Trinajstić information content (AvgIpc) is 2.63. The fourth-order valence-corrected chi connectivity index (χ4v) is 4.13. The number of aliphatic hydroxyl groups is 1. The van der Waals surface area contributed by atoms with Gasteiger partial charge in [0.15, 0.2) is 0 Å². The molecule has 1 heterocycles. The first kappa shape index (κ1) is 22.5. The summed E-state index contributed by atoms with van der Waals surface area (Å²) in [6.07, 6.45) is 12.3. The molecule has 1 aromatic rings. The van der Waals surface area contributed by atoms with E-state index in [2.05, 4.69) is 12.2 Å². The van der Waals surface area contributed by atoms with E-state index in [4.69, 9.17) is 9.84 Å². The Balaban J connectivity index is 1.77. The summed E-state index contributed by atoms with van der Waals surface area (Å²) >= 11 is 0. The van der Waals surface area contributed by atoms with Crippen LogP contribution in [0.1, 0.15) is 96.1 Å². The summed E-state index contributed by atoms with van der Waals surface area (Å²) in [5.74, 6) is 0.883. The predicted molar refractivity (Wildman–Crippen MR) is 112 cm³/mol. The Morgan fingerprint density at radius 3 is 2.32 bits per heavy atom. The zero-order valence-electron chi connectivity index (χ0n) is 17.5. The molecule has 0 saturated carbocycles. The molecule has 5 heteroatoms. The van der Waals surface area contributed by atoms with Gasteiger partial charge in [0.1, 0.15) is 17.1 Å². The number of ether oxygens (including phenoxy) is 1. The standard InChI is InChI=1S/C23H37NO4/c1-18(26)24-21-17-23(2,28-22-13-12-19(27)16-20(21)22)14-10-8-6-4-3-5-7-9-11-15-25/h12-13,16,21,25,27H,3-11,14-15,17H2,1-2H3,(H,24,26). The van der Waals surface area contributed by atoms with E-state index in [1.165, 1.54) is 45.4 Å². The van der Waals surface area contributed by atoms with Gasteiger partial charge in [-0.1, -0.05) is 44.9 Å². The van der Waals surface area contributed by atoms with Gasteiger partial charge < -0.3 is 20.3 Å². The van der Waals surface area contributed by atoms with Gasteiger partial charge in [0.2, 0.25) is 5.91 Å². The lowest BCUT2D eigenvalue weighted by molar-refractivity contribution is -0.120. The first-order chi connectivity index (χ1) is 13.4. The number of unbranched alkanes of at least 4 members (excludes halogenated alkanes) is 8. The van der Waals surface area contributed by atoms with Crippen LogP contribution in [0.2, 0.25) is 0 Å². The first-order valence-corrected chi connectivity index (χ1v) is 10.8. The minimum absolute atomic E-state index is 0.0671. The van der Waals surface area contributed by atoms with Crippen molar-refractivity contribution in [2.24, 2.45) is 0 Å². The Labute approximate surface area is 169 Å². The minimum atomic E-state index is -0.304. The van der Waals surface area contributed by atoms with E-state index in [1.54, 1.807) is 18.2 Å². The quantitative estimate of drug-likeness (QED) is 0.438. The molecular weight excluding hydrogens is 354 g/mol. The van der Waals surface area contributed by atoms with Crippen molar-refractivity contribution in [1.82, 2.24) is 5.32 Å². The Morgan fingerprint density at radius 2 is 1.71 bits per heavy atom. The second kappa shape index (κ2) is 11.3. The maximum atomic E-state index is 11.6. The number of aromatic hydroxyl groups is 1. The van der Waals surface area contributed by atoms with Crippen LogP contribution in [0.25, 0.3) is 0 Å². The number of benzene rings is 1. The fourth-order valence-electron chi connectivity index (χ4n) is 4.13. The number of phenolic OH excluding ortho intramolecular Hbond substituents is 1. The molecule has 1 aliphatic rings. The summed E-state index contributed by atoms with van der Waals surface area (Å²) in [6.45, 7) is 3.97. The minimum Gasteiger partial charge on any atom is -0.508 e. The molecule has 0 aromatic heterocycles. The van der Waals surface area contributed by atoms with Crippen LogP contribution < -0.4 is 10.1 Å². The van der Waals surface area contributed by atoms with Crippen LogP contribution >= 0.6 is 0 Å². The smallest absolute Gasteiger partial charge is 0.217 e. The highest BCUT2D eigenvalue weighted by Gasteiger charge is 2.37. The SMILES string of the molecule is CC(=O)NC1CC(C)(CCCCCCCCCCCO)Oc2ccc(O)cc21. The van der Waals surface area contributed by atoms with Crippen molar-refractivity contribution in [2.75, 3.05) is 6.61 Å². The number of aliphatic hydroxyl groups excluding tert-OH is 1. The molecule has 0 aliphatic carbocycles. The zero-order chi connectivity index (χ0) is 20.4. The molecule has 2 rings (SSSR count). The third-order valence-electron chi connectivity index (χ3n) is 5.60. The van der Waals surface area contributed by atoms with Crippen molar-refractivity contribution >= 4 is 5.91 Å². The van der Waals surface area contributed by atoms with Gasteiger partial charge in [-0.3, -0.25) is 4.79 Å². The molecule has 1 aromatic carbocycles. The molecule has 0 bridgehead atoms. The van der Waals surface area contributed by atoms with E-state index >= 15 is 0 Å². The maximum absolute atomic E-state index is 11.6. The van der Waals surface area contributed by atoms with Gasteiger partial charge in [0.05, 0.1) is 6.04 Å². The zero-order valence-corrected chi connectivity index (χ0v) is 17.5. The number of hydrogen-bond donors (Lipinski definition) is 3. The van der Waals surface area contributed by atoms with Gasteiger partial charge in [-0.15, -0.1) is 0 Å². The molecule has 158 valence electrons. The molecule has 1 aliphatic heterocycles. The number of rotatable bonds is 12. The average molecular weight is 392 g/mol. The Kier molecular flexibility index (Phi) is 9.10. The second-order valence-electron chi connectivity index (χ2n) is 8.39. The highest BCUT2D eigenvalue weighted by Crippen LogP contribution is 2.43. The largest absolute Gasteiger partial charge is 0.508 e. The van der Waals surface area contributed by atoms with Gasteiger partial charge >= 0.3 is 0 Å². The summed E-state index contributed by atoms with van der Waals surface area (Å²) < 4.78 is 6.29. The highest BCUT2D eigenvalue weighted by atomic mass is 16.5. The van der Waals surface area contributed by atoms with Crippen LogP contribution in [0.5, 0.6) is 11.5 Å². The van der Waals surface area contributed by atoms with E-state index in [0.717, 1.165) is 37.0 Å². The van der Waals surface area contributed by atoms with E-state index < -0.39 is 0 Å². The third-order valence-corrected chi connectivity index (χ3v) is 5.60. The van der Waals surface area contributed by atoms with E-state index in [1.807, 2.05) is 0 Å². The first-order valence-electron chi connectivity index (χ1n) is 10.8. The molecule has 3 N–H and O–H groups in total. The van der Waals surface area contributed by atoms with Crippen LogP contribution in [-0.4, -0.2) is 28.3 Å². The topological polar surface area (TPSA) is 78.8 Å². The van der Waals surface area contributed by atoms with Crippen LogP contribution in [-0.2, 0) is 4.79 Å². The van der Waals surface area contributed by atoms with Crippen LogP contribution in [0.3, 0.4) is 0 Å². The molecule has 0 spiro atoms. The Morgan fingerprint density at radius 1 is 1.11 bits per heavy atom. The van der Waals surface area contributed by atoms with Crippen molar-refractivity contribution in [3.05, 3.63) is 23.8 Å². The van der Waals surface area contributed by atoms with Gasteiger partial charge in [-0.2, -0.15) is 0 Å². The summed E-state index contributed by atoms with van der Waals surface area (Å²) in [5, 5.41) is 21.6. The predicted octanol–water partition coefficient (Wildman–Crippen LogP) is 5.00. The normalized spacial score (nSPS) is 21.0. The van der Waals surface area contributed by atoms with Crippen LogP contribution in [0.15, 0.2) is 18.2 Å². The second-order valence-corrected chi connectivity index (χ2v) is 8.39. The number of fused-ring (bicyclic) bond motifs is 1. The maximum Gasteiger partial charge on any atom is 0.217 e. The van der Waals surface area contributed by atoms with Crippen molar-refractivity contribution in [3.63, 3.8) is 0 Å². The summed E-state index contributed by atoms with van der Waals surface area (Å²) in [4.78, 5) is 11.6. The number of carbonyl (C=O) groups excluding carboxylic acids is 1. The highest BCUT2D eigenvalue weighted by molar-refractivity contribution is 5.73. The molecule has 0 fully saturated rings. The van der Waals surface area contributed by atoms with Gasteiger partial charge in [0.25, 0.3) is 0 Å². The number of hydrogen-bond acceptors (Lipinski definition) is 4. The number of nitrogens with one attached hydrogen (secondary N) is 1. The lowest BCUT2D eigenvalue weighted by Gasteiger charge is -2.40. The van der Waals surface area contributed by atoms with E-state index in [-0.39, 0.29) is 23.3 Å². The molecule has 5 nitrogen and oxygen atoms in total. The molecule has 2 unspecified atom stereocenters. The lowest BCUT2D eigenvalue weighted by Crippen LogP contribution is -2.42. The molecule has 1 amide bonds. The van der Waals surface area contributed by atoms with Gasteiger partial charge in [-0.25, -0.2) is 0 Å². The van der Waals surface area contributed by atoms with Crippen LogP contribution in [0.4, 0.5) is 0 Å². The molecular formula is C23H37NO4. The van der Waals surface area contributed by atoms with Crippen molar-refractivity contribution in [1.29, 1.82) is 0 Å². The Bertz CT molecular complexity index is 619. The van der Waals surface area contributed by atoms with E-state index in [9.17, 15) is 9.90 Å². The lowest BCUT2D eigenvalue weighted by atomic mass is 9.84. The number of amides is 1. The number of carbonyl (C=O) groups is 1. The molecule has 2 atom stereocenters. The van der Waals surface area contributed by atoms with Crippen molar-refractivity contribution in [2.45, 2.75) is 96.1 Å². The monoisotopic (exact) mass is 391 g/mol. The molecule has 28 heavy (non-hydrogen) atoms. The number of phenols is 1.